The van der Waals surface area contributed by atoms with Gasteiger partial charge in [0.1, 0.15) is 0 Å². The molecular weight excluding hydrogens is 300 g/mol. The molecule has 4 nitrogen and oxygen atoms in total. The largest absolute Gasteiger partial charge is 0.356 e. The molecule has 1 aromatic rings. The Morgan fingerprint density at radius 1 is 1.12 bits per heavy atom. The summed E-state index contributed by atoms with van der Waals surface area (Å²) in [5, 5.41) is 3.06. The molecule has 1 N–H and O–H groups in total. The van der Waals surface area contributed by atoms with Crippen molar-refractivity contribution in [1.82, 2.24) is 10.2 Å². The second kappa shape index (κ2) is 8.32. The third-order valence-electron chi connectivity index (χ3n) is 5.11. The van der Waals surface area contributed by atoms with Crippen LogP contribution in [0.1, 0.15) is 44.1 Å². The van der Waals surface area contributed by atoms with Gasteiger partial charge in [-0.25, -0.2) is 0 Å². The minimum absolute atomic E-state index is 0.0180. The van der Waals surface area contributed by atoms with Crippen LogP contribution >= 0.6 is 0 Å². The van der Waals surface area contributed by atoms with Gasteiger partial charge in [0.15, 0.2) is 0 Å². The normalized spacial score (nSPS) is 20.7. The van der Waals surface area contributed by atoms with Gasteiger partial charge in [-0.1, -0.05) is 30.3 Å². The second-order valence-electron chi connectivity index (χ2n) is 7.21. The van der Waals surface area contributed by atoms with E-state index < -0.39 is 0 Å². The maximum absolute atomic E-state index is 12.4. The number of piperidine rings is 1. The van der Waals surface area contributed by atoms with Crippen LogP contribution in [0.3, 0.4) is 0 Å². The van der Waals surface area contributed by atoms with Crippen molar-refractivity contribution in [2.75, 3.05) is 19.6 Å². The third kappa shape index (κ3) is 5.08. The standard InChI is InChI=1S/C20H28N2O2/c23-19(10-4-8-16-6-2-1-3-7-16)22-13-5-9-18(15-22)20(24)21-14-17-11-12-17/h1-3,6-7,17-18H,4-5,8-15H2,(H,21,24). The molecule has 1 saturated heterocycles. The second-order valence-corrected chi connectivity index (χ2v) is 7.21. The first kappa shape index (κ1) is 17.0. The van der Waals surface area contributed by atoms with Gasteiger partial charge in [0.05, 0.1) is 5.92 Å². The summed E-state index contributed by atoms with van der Waals surface area (Å²) < 4.78 is 0. The predicted octanol–water partition coefficient (Wildman–Crippen LogP) is 2.77. The molecule has 0 radical (unpaired) electrons. The van der Waals surface area contributed by atoms with Crippen LogP contribution in [0.5, 0.6) is 0 Å². The molecule has 3 rings (SSSR count). The van der Waals surface area contributed by atoms with Crippen molar-refractivity contribution in [3.05, 3.63) is 35.9 Å². The molecule has 1 aliphatic carbocycles. The van der Waals surface area contributed by atoms with Gasteiger partial charge in [-0.15, -0.1) is 0 Å². The van der Waals surface area contributed by atoms with E-state index in [-0.39, 0.29) is 17.7 Å². The van der Waals surface area contributed by atoms with Gasteiger partial charge in [-0.3, -0.25) is 9.59 Å². The molecule has 2 fully saturated rings. The average molecular weight is 328 g/mol. The summed E-state index contributed by atoms with van der Waals surface area (Å²) in [5.74, 6) is 1.03. The van der Waals surface area contributed by atoms with Crippen molar-refractivity contribution in [3.63, 3.8) is 0 Å². The number of aryl methyl sites for hydroxylation is 1. The topological polar surface area (TPSA) is 49.4 Å². The SMILES string of the molecule is O=C(NCC1CC1)C1CCCN(C(=O)CCCc2ccccc2)C1. The maximum Gasteiger partial charge on any atom is 0.224 e. The lowest BCUT2D eigenvalue weighted by Crippen LogP contribution is -2.45. The minimum Gasteiger partial charge on any atom is -0.356 e. The van der Waals surface area contributed by atoms with Gasteiger partial charge in [0.25, 0.3) is 0 Å². The first-order chi connectivity index (χ1) is 11.7. The van der Waals surface area contributed by atoms with Crippen LogP contribution in [-0.4, -0.2) is 36.3 Å². The number of hydrogen-bond acceptors (Lipinski definition) is 2. The molecule has 2 aliphatic rings. The van der Waals surface area contributed by atoms with Gasteiger partial charge < -0.3 is 10.2 Å². The van der Waals surface area contributed by atoms with Gasteiger partial charge in [-0.05, 0) is 50.0 Å². The molecule has 1 atom stereocenters. The zero-order chi connectivity index (χ0) is 16.8. The molecular formula is C20H28N2O2. The van der Waals surface area contributed by atoms with Crippen LogP contribution in [0.15, 0.2) is 30.3 Å². The molecule has 24 heavy (non-hydrogen) atoms. The van der Waals surface area contributed by atoms with E-state index in [4.69, 9.17) is 0 Å². The Balaban J connectivity index is 1.39. The molecule has 1 aliphatic heterocycles. The van der Waals surface area contributed by atoms with E-state index >= 15 is 0 Å². The highest BCUT2D eigenvalue weighted by molar-refractivity contribution is 5.81. The quantitative estimate of drug-likeness (QED) is 0.837. The number of nitrogens with zero attached hydrogens (tertiary/aromatic N) is 1. The van der Waals surface area contributed by atoms with E-state index in [2.05, 4.69) is 17.4 Å². The van der Waals surface area contributed by atoms with E-state index in [1.54, 1.807) is 0 Å². The molecule has 0 aromatic heterocycles. The first-order valence-electron chi connectivity index (χ1n) is 9.32. The van der Waals surface area contributed by atoms with Crippen molar-refractivity contribution in [2.24, 2.45) is 11.8 Å². The van der Waals surface area contributed by atoms with E-state index in [0.29, 0.717) is 18.9 Å². The van der Waals surface area contributed by atoms with E-state index in [1.165, 1.54) is 18.4 Å². The van der Waals surface area contributed by atoms with Crippen LogP contribution in [0.2, 0.25) is 0 Å². The molecule has 0 spiro atoms. The Labute approximate surface area is 144 Å². The molecule has 1 aromatic carbocycles. The third-order valence-corrected chi connectivity index (χ3v) is 5.11. The first-order valence-corrected chi connectivity index (χ1v) is 9.32. The summed E-state index contributed by atoms with van der Waals surface area (Å²) in [6, 6.07) is 10.3. The van der Waals surface area contributed by atoms with Crippen LogP contribution in [0.25, 0.3) is 0 Å². The fourth-order valence-corrected chi connectivity index (χ4v) is 3.38. The van der Waals surface area contributed by atoms with Crippen LogP contribution in [-0.2, 0) is 16.0 Å². The zero-order valence-corrected chi connectivity index (χ0v) is 14.4. The highest BCUT2D eigenvalue weighted by Crippen LogP contribution is 2.28. The number of amides is 2. The van der Waals surface area contributed by atoms with Gasteiger partial charge in [0, 0.05) is 26.1 Å². The summed E-state index contributed by atoms with van der Waals surface area (Å²) >= 11 is 0. The highest BCUT2D eigenvalue weighted by Gasteiger charge is 2.29. The van der Waals surface area contributed by atoms with Gasteiger partial charge in [-0.2, -0.15) is 0 Å². The number of rotatable bonds is 7. The van der Waals surface area contributed by atoms with Gasteiger partial charge >= 0.3 is 0 Å². The Kier molecular flexibility index (Phi) is 5.89. The molecule has 0 bridgehead atoms. The van der Waals surface area contributed by atoms with Crippen LogP contribution < -0.4 is 5.32 Å². The van der Waals surface area contributed by atoms with Crippen LogP contribution in [0.4, 0.5) is 0 Å². The molecule has 1 unspecified atom stereocenters. The number of carbonyl (C=O) groups is 2. The maximum atomic E-state index is 12.4. The number of nitrogens with one attached hydrogen (secondary N) is 1. The smallest absolute Gasteiger partial charge is 0.224 e. The number of carbonyl (C=O) groups excluding carboxylic acids is 2. The Morgan fingerprint density at radius 3 is 2.67 bits per heavy atom. The van der Waals surface area contributed by atoms with E-state index in [0.717, 1.165) is 38.8 Å². The molecule has 130 valence electrons. The predicted molar refractivity (Wildman–Crippen MR) is 94.4 cm³/mol. The van der Waals surface area contributed by atoms with Gasteiger partial charge in [0.2, 0.25) is 11.8 Å². The van der Waals surface area contributed by atoms with E-state index in [9.17, 15) is 9.59 Å². The lowest BCUT2D eigenvalue weighted by molar-refractivity contribution is -0.135. The van der Waals surface area contributed by atoms with Crippen molar-refractivity contribution < 1.29 is 9.59 Å². The van der Waals surface area contributed by atoms with E-state index in [1.807, 2.05) is 23.1 Å². The number of benzene rings is 1. The lowest BCUT2D eigenvalue weighted by atomic mass is 9.96. The average Bonchev–Trinajstić information content (AvgIpc) is 3.45. The summed E-state index contributed by atoms with van der Waals surface area (Å²) in [6.07, 6.45) is 6.72. The fourth-order valence-electron chi connectivity index (χ4n) is 3.38. The number of likely N-dealkylation sites (tertiary alicyclic amines) is 1. The van der Waals surface area contributed by atoms with Crippen molar-refractivity contribution in [2.45, 2.75) is 44.9 Å². The highest BCUT2D eigenvalue weighted by atomic mass is 16.2. The van der Waals surface area contributed by atoms with Crippen molar-refractivity contribution in [1.29, 1.82) is 0 Å². The summed E-state index contributed by atoms with van der Waals surface area (Å²) in [5.41, 5.74) is 1.28. The molecule has 1 heterocycles. The summed E-state index contributed by atoms with van der Waals surface area (Å²) in [4.78, 5) is 26.6. The fraction of sp³-hybridized carbons (Fsp3) is 0.600. The number of hydrogen-bond donors (Lipinski definition) is 1. The lowest BCUT2D eigenvalue weighted by Gasteiger charge is -2.32. The van der Waals surface area contributed by atoms with Crippen LogP contribution in [0, 0.1) is 11.8 Å². The minimum atomic E-state index is -0.0180. The summed E-state index contributed by atoms with van der Waals surface area (Å²) in [7, 11) is 0. The molecule has 2 amide bonds. The Hall–Kier alpha value is -1.84. The Morgan fingerprint density at radius 2 is 1.92 bits per heavy atom. The molecule has 1 saturated carbocycles. The van der Waals surface area contributed by atoms with Crippen molar-refractivity contribution >= 4 is 11.8 Å². The summed E-state index contributed by atoms with van der Waals surface area (Å²) in [6.45, 7) is 2.22. The zero-order valence-electron chi connectivity index (χ0n) is 14.4. The monoisotopic (exact) mass is 328 g/mol. The van der Waals surface area contributed by atoms with Crippen molar-refractivity contribution in [3.8, 4) is 0 Å². The molecule has 4 heteroatoms. The Bertz CT molecular complexity index is 554.